The summed E-state index contributed by atoms with van der Waals surface area (Å²) in [7, 11) is 0.188. The van der Waals surface area contributed by atoms with Crippen molar-refractivity contribution in [3.63, 3.8) is 0 Å². The average Bonchev–Trinajstić information content (AvgIpc) is 2.44. The molecule has 122 valence electrons. The summed E-state index contributed by atoms with van der Waals surface area (Å²) in [5, 5.41) is 0. The van der Waals surface area contributed by atoms with E-state index >= 15 is 0 Å². The third kappa shape index (κ3) is 14.7. The average molecular weight is 344 g/mol. The van der Waals surface area contributed by atoms with E-state index in [0.29, 0.717) is 0 Å². The Hall–Kier alpha value is 0.269. The molecule has 0 fully saturated rings. The fourth-order valence-electron chi connectivity index (χ4n) is 2.15. The zero-order valence-electron chi connectivity index (χ0n) is 13.2. The summed E-state index contributed by atoms with van der Waals surface area (Å²) in [6, 6.07) is 0. The van der Waals surface area contributed by atoms with E-state index in [-0.39, 0.29) is 17.1 Å². The molecule has 0 bridgehead atoms. The molecule has 4 nitrogen and oxygen atoms in total. The van der Waals surface area contributed by atoms with E-state index < -0.39 is 13.6 Å². The molecule has 0 aromatic heterocycles. The predicted molar refractivity (Wildman–Crippen MR) is 79.4 cm³/mol. The Morgan fingerprint density at radius 2 is 1.15 bits per heavy atom. The molecule has 0 aliphatic heterocycles. The maximum atomic E-state index is 11.0. The zero-order valence-corrected chi connectivity index (χ0v) is 16.5. The molecule has 0 spiro atoms. The van der Waals surface area contributed by atoms with Gasteiger partial charge in [0.05, 0.1) is 0 Å². The first-order valence-electron chi connectivity index (χ1n) is 8.07. The summed E-state index contributed by atoms with van der Waals surface area (Å²) in [6.07, 6.45) is 15.2. The van der Waals surface area contributed by atoms with Crippen molar-refractivity contribution in [1.82, 2.24) is 0 Å². The summed E-state index contributed by atoms with van der Waals surface area (Å²) in [6.45, 7) is 2.53. The van der Waals surface area contributed by atoms with Crippen molar-refractivity contribution in [3.05, 3.63) is 0 Å². The van der Waals surface area contributed by atoms with E-state index in [0.717, 1.165) is 12.8 Å². The zero-order chi connectivity index (χ0) is 15.1. The molecule has 0 N–H and O–H groups in total. The monoisotopic (exact) mass is 344 g/mol. The van der Waals surface area contributed by atoms with Gasteiger partial charge in [-0.1, -0.05) is 19.8 Å². The van der Waals surface area contributed by atoms with E-state index in [9.17, 15) is 7.61 Å². The Labute approximate surface area is 129 Å². The van der Waals surface area contributed by atoms with Gasteiger partial charge in [-0.15, -0.1) is 0 Å². The van der Waals surface area contributed by atoms with E-state index in [2.05, 4.69) is 10.4 Å². The van der Waals surface area contributed by atoms with Crippen molar-refractivity contribution in [3.8, 4) is 0 Å². The summed E-state index contributed by atoms with van der Waals surface area (Å²) in [4.78, 5) is 0. The van der Waals surface area contributed by atoms with Crippen LogP contribution in [0.1, 0.15) is 84.0 Å². The first kappa shape index (κ1) is 20.3. The van der Waals surface area contributed by atoms with E-state index in [1.54, 1.807) is 0 Å². The van der Waals surface area contributed by atoms with Crippen LogP contribution in [0.4, 0.5) is 0 Å². The Balaban J connectivity index is 3.10. The predicted octanol–water partition coefficient (Wildman–Crippen LogP) is 3.68. The Kier molecular flexibility index (Phi) is 14.4. The second-order valence-electron chi connectivity index (χ2n) is 5.29. The third-order valence-electron chi connectivity index (χ3n) is 3.43. The van der Waals surface area contributed by atoms with E-state index in [1.165, 1.54) is 64.2 Å². The molecule has 0 radical (unpaired) electrons. The summed E-state index contributed by atoms with van der Waals surface area (Å²) >= 11 is -4.39. The fourth-order valence-corrected chi connectivity index (χ4v) is 3.20. The molecular weight excluding hydrogens is 312 g/mol. The standard InChI is InChI=1S/C14H29O.Cr.H3OSi.2O/c1-2-3-4-5-6-7-8-9-10-11-12-13-14-15;;1-2;;/h2-14H2,1H3;;2H3;;/q-1;+2;-1;;. The van der Waals surface area contributed by atoms with Gasteiger partial charge in [-0.25, -0.2) is 0 Å². The normalized spacial score (nSPS) is 12.1. The van der Waals surface area contributed by atoms with Gasteiger partial charge in [-0.2, -0.15) is 0 Å². The van der Waals surface area contributed by atoms with Gasteiger partial charge < -0.3 is 0 Å². The molecule has 0 aromatic carbocycles. The first-order valence-corrected chi connectivity index (χ1v) is 11.0. The molecule has 0 heterocycles. The van der Waals surface area contributed by atoms with Crippen LogP contribution in [0.15, 0.2) is 0 Å². The van der Waals surface area contributed by atoms with Crippen LogP contribution in [0.3, 0.4) is 0 Å². The Morgan fingerprint density at radius 3 is 1.55 bits per heavy atom. The van der Waals surface area contributed by atoms with Crippen LogP contribution in [0.5, 0.6) is 0 Å². The van der Waals surface area contributed by atoms with Crippen LogP contribution in [-0.2, 0) is 28.5 Å². The number of unbranched alkanes of at least 4 members (excludes halogenated alkanes) is 11. The van der Waals surface area contributed by atoms with Crippen molar-refractivity contribution in [2.24, 2.45) is 0 Å². The minimum atomic E-state index is -4.39. The van der Waals surface area contributed by atoms with Crippen LogP contribution >= 0.6 is 0 Å². The molecule has 20 heavy (non-hydrogen) atoms. The van der Waals surface area contributed by atoms with Crippen LogP contribution in [0, 0.1) is 0 Å². The van der Waals surface area contributed by atoms with Gasteiger partial charge in [0.2, 0.25) is 0 Å². The molecule has 0 saturated heterocycles. The van der Waals surface area contributed by atoms with Gasteiger partial charge in [-0.05, 0) is 0 Å². The van der Waals surface area contributed by atoms with Crippen LogP contribution in [-0.4, -0.2) is 17.1 Å². The van der Waals surface area contributed by atoms with Crippen molar-refractivity contribution in [1.29, 1.82) is 0 Å². The van der Waals surface area contributed by atoms with Crippen molar-refractivity contribution < 1.29 is 28.5 Å². The van der Waals surface area contributed by atoms with Crippen LogP contribution < -0.4 is 0 Å². The molecule has 0 atom stereocenters. The van der Waals surface area contributed by atoms with Crippen molar-refractivity contribution in [2.45, 2.75) is 84.0 Å². The topological polar surface area (TPSA) is 52.6 Å². The van der Waals surface area contributed by atoms with E-state index in [4.69, 9.17) is 3.79 Å². The van der Waals surface area contributed by atoms with Crippen molar-refractivity contribution in [2.75, 3.05) is 6.61 Å². The van der Waals surface area contributed by atoms with Gasteiger partial charge in [0, 0.05) is 0 Å². The maximum absolute atomic E-state index is 11.0. The summed E-state index contributed by atoms with van der Waals surface area (Å²) in [5.41, 5.74) is 0. The van der Waals surface area contributed by atoms with Gasteiger partial charge in [0.1, 0.15) is 0 Å². The third-order valence-corrected chi connectivity index (χ3v) is 6.46. The summed E-state index contributed by atoms with van der Waals surface area (Å²) in [5.74, 6) is 0. The molecule has 0 aromatic rings. The molecule has 0 amide bonds. The Morgan fingerprint density at radius 1 is 0.750 bits per heavy atom. The van der Waals surface area contributed by atoms with E-state index in [1.807, 2.05) is 0 Å². The van der Waals surface area contributed by atoms with Crippen molar-refractivity contribution >= 4 is 10.5 Å². The van der Waals surface area contributed by atoms with Gasteiger partial charge in [0.15, 0.2) is 0 Å². The van der Waals surface area contributed by atoms with Gasteiger partial charge in [0.25, 0.3) is 0 Å². The second-order valence-corrected chi connectivity index (χ2v) is 8.82. The van der Waals surface area contributed by atoms with Crippen LogP contribution in [0.25, 0.3) is 0 Å². The number of hydrogen-bond donors (Lipinski definition) is 0. The molecule has 6 heteroatoms. The van der Waals surface area contributed by atoms with Gasteiger partial charge >= 0.3 is 110 Å². The SMILES string of the molecule is CCCCCCCCCCCCCC[O][Cr](=[O])(=[O])[O][SiH3]. The second kappa shape index (κ2) is 14.2. The number of hydrogen-bond acceptors (Lipinski definition) is 4. The molecular formula is C14H32CrO4Si. The van der Waals surface area contributed by atoms with Crippen LogP contribution in [0.2, 0.25) is 0 Å². The first-order chi connectivity index (χ1) is 9.62. The quantitative estimate of drug-likeness (QED) is 0.336. The summed E-state index contributed by atoms with van der Waals surface area (Å²) < 4.78 is 31.1. The minimum absolute atomic E-state index is 0.188. The molecule has 0 saturated carbocycles. The fraction of sp³-hybridized carbons (Fsp3) is 1.00. The number of rotatable bonds is 15. The Bertz CT molecular complexity index is 294. The molecule has 0 aliphatic rings. The van der Waals surface area contributed by atoms with Gasteiger partial charge in [-0.3, -0.25) is 0 Å². The molecule has 0 unspecified atom stereocenters. The molecule has 0 aliphatic carbocycles. The molecule has 0 rings (SSSR count).